The highest BCUT2D eigenvalue weighted by Crippen LogP contribution is 2.29. The van der Waals surface area contributed by atoms with Crippen molar-refractivity contribution in [1.29, 1.82) is 0 Å². The molecule has 160 valence electrons. The minimum absolute atomic E-state index is 0.0416. The first-order chi connectivity index (χ1) is 14.6. The summed E-state index contributed by atoms with van der Waals surface area (Å²) in [6.07, 6.45) is 7.19. The molecule has 2 atom stereocenters. The molecule has 4 rings (SSSR count). The molecule has 1 fully saturated rings. The van der Waals surface area contributed by atoms with E-state index >= 15 is 0 Å². The van der Waals surface area contributed by atoms with Gasteiger partial charge in [-0.1, -0.05) is 31.2 Å². The maximum absolute atomic E-state index is 12.5. The van der Waals surface area contributed by atoms with Crippen LogP contribution in [-0.2, 0) is 17.6 Å². The number of benzene rings is 2. The highest BCUT2D eigenvalue weighted by Gasteiger charge is 2.18. The van der Waals surface area contributed by atoms with Crippen molar-refractivity contribution in [3.8, 4) is 5.75 Å². The summed E-state index contributed by atoms with van der Waals surface area (Å²) in [5, 5.41) is 3.08. The van der Waals surface area contributed by atoms with Crippen LogP contribution in [0.15, 0.2) is 42.5 Å². The number of anilines is 1. The number of hydrogen-bond donors (Lipinski definition) is 1. The lowest BCUT2D eigenvalue weighted by molar-refractivity contribution is -0.123. The molecule has 1 aliphatic carbocycles. The Hall–Kier alpha value is -2.49. The van der Waals surface area contributed by atoms with Crippen molar-refractivity contribution in [3.05, 3.63) is 59.2 Å². The number of amides is 1. The smallest absolute Gasteiger partial charge is 0.258 e. The fourth-order valence-electron chi connectivity index (χ4n) is 4.79. The van der Waals surface area contributed by atoms with Crippen molar-refractivity contribution in [1.82, 2.24) is 5.32 Å². The molecule has 1 heterocycles. The maximum atomic E-state index is 12.5. The van der Waals surface area contributed by atoms with Crippen molar-refractivity contribution in [2.75, 3.05) is 24.6 Å². The molecule has 2 aliphatic rings. The number of fused-ring (bicyclic) bond motifs is 1. The highest BCUT2D eigenvalue weighted by atomic mass is 16.5. The van der Waals surface area contributed by atoms with Crippen LogP contribution < -0.4 is 15.0 Å². The van der Waals surface area contributed by atoms with E-state index < -0.39 is 0 Å². The molecule has 1 N–H and O–H groups in total. The first kappa shape index (κ1) is 20.8. The molecule has 2 aromatic carbocycles. The van der Waals surface area contributed by atoms with E-state index in [1.807, 2.05) is 19.1 Å². The van der Waals surface area contributed by atoms with Crippen LogP contribution in [0.2, 0.25) is 0 Å². The van der Waals surface area contributed by atoms with Crippen LogP contribution in [0.4, 0.5) is 5.69 Å². The monoisotopic (exact) mass is 406 g/mol. The van der Waals surface area contributed by atoms with Crippen LogP contribution in [0.1, 0.15) is 62.3 Å². The van der Waals surface area contributed by atoms with Crippen LogP contribution in [0.25, 0.3) is 0 Å². The van der Waals surface area contributed by atoms with E-state index in [0.29, 0.717) is 0 Å². The van der Waals surface area contributed by atoms with Crippen LogP contribution in [0.5, 0.6) is 5.75 Å². The number of hydrogen-bond acceptors (Lipinski definition) is 3. The van der Waals surface area contributed by atoms with Gasteiger partial charge in [0.1, 0.15) is 5.75 Å². The predicted octanol–water partition coefficient (Wildman–Crippen LogP) is 5.06. The zero-order valence-electron chi connectivity index (χ0n) is 18.3. The molecular weight excluding hydrogens is 372 g/mol. The van der Waals surface area contributed by atoms with Crippen molar-refractivity contribution in [3.63, 3.8) is 0 Å². The molecule has 4 nitrogen and oxygen atoms in total. The number of piperidine rings is 1. The number of carbonyl (C=O) groups excluding carboxylic acids is 1. The van der Waals surface area contributed by atoms with E-state index in [9.17, 15) is 4.79 Å². The van der Waals surface area contributed by atoms with Crippen LogP contribution in [0, 0.1) is 5.92 Å². The van der Waals surface area contributed by atoms with Gasteiger partial charge in [-0.05, 0) is 86.3 Å². The highest BCUT2D eigenvalue weighted by molar-refractivity contribution is 5.78. The van der Waals surface area contributed by atoms with Gasteiger partial charge in [0.25, 0.3) is 5.91 Å². The van der Waals surface area contributed by atoms with Gasteiger partial charge in [0, 0.05) is 18.8 Å². The van der Waals surface area contributed by atoms with Crippen molar-refractivity contribution in [2.24, 2.45) is 5.92 Å². The normalized spacial score (nSPS) is 19.7. The molecule has 2 aromatic rings. The zero-order chi connectivity index (χ0) is 20.9. The predicted molar refractivity (Wildman–Crippen MR) is 122 cm³/mol. The van der Waals surface area contributed by atoms with Crippen molar-refractivity contribution >= 4 is 11.6 Å². The summed E-state index contributed by atoms with van der Waals surface area (Å²) in [5.41, 5.74) is 5.05. The Morgan fingerprint density at radius 3 is 2.73 bits per heavy atom. The zero-order valence-corrected chi connectivity index (χ0v) is 18.3. The molecule has 0 aromatic heterocycles. The number of nitrogens with one attached hydrogen (secondary N) is 1. The first-order valence-corrected chi connectivity index (χ1v) is 11.5. The molecule has 0 spiro atoms. The van der Waals surface area contributed by atoms with Crippen LogP contribution >= 0.6 is 0 Å². The molecule has 0 radical (unpaired) electrons. The second kappa shape index (κ2) is 9.55. The number of carbonyl (C=O) groups is 1. The lowest BCUT2D eigenvalue weighted by Gasteiger charge is -2.33. The van der Waals surface area contributed by atoms with Gasteiger partial charge in [0.05, 0.1) is 6.04 Å². The van der Waals surface area contributed by atoms with Gasteiger partial charge >= 0.3 is 0 Å². The lowest BCUT2D eigenvalue weighted by Crippen LogP contribution is -2.34. The van der Waals surface area contributed by atoms with Crippen molar-refractivity contribution < 1.29 is 9.53 Å². The summed E-state index contributed by atoms with van der Waals surface area (Å²) >= 11 is 0. The van der Waals surface area contributed by atoms with Gasteiger partial charge in [0.15, 0.2) is 6.61 Å². The Balaban J connectivity index is 1.30. The van der Waals surface area contributed by atoms with Gasteiger partial charge in [-0.25, -0.2) is 0 Å². The third kappa shape index (κ3) is 4.97. The summed E-state index contributed by atoms with van der Waals surface area (Å²) in [6.45, 7) is 6.68. The minimum atomic E-state index is -0.0788. The topological polar surface area (TPSA) is 41.6 Å². The molecular formula is C26H34N2O2. The third-order valence-electron chi connectivity index (χ3n) is 6.50. The molecule has 0 saturated carbocycles. The average molecular weight is 407 g/mol. The Morgan fingerprint density at radius 2 is 1.93 bits per heavy atom. The molecule has 30 heavy (non-hydrogen) atoms. The van der Waals surface area contributed by atoms with Gasteiger partial charge in [0.2, 0.25) is 0 Å². The van der Waals surface area contributed by atoms with Gasteiger partial charge in [-0.3, -0.25) is 4.79 Å². The Labute approximate surface area is 180 Å². The largest absolute Gasteiger partial charge is 0.483 e. The van der Waals surface area contributed by atoms with Crippen molar-refractivity contribution in [2.45, 2.75) is 58.4 Å². The molecule has 4 heteroatoms. The van der Waals surface area contributed by atoms with E-state index in [-0.39, 0.29) is 18.6 Å². The number of nitrogens with zero attached hydrogens (tertiary/aromatic N) is 1. The van der Waals surface area contributed by atoms with Gasteiger partial charge in [-0.2, -0.15) is 0 Å². The fourth-order valence-corrected chi connectivity index (χ4v) is 4.79. The van der Waals surface area contributed by atoms with E-state index in [2.05, 4.69) is 47.5 Å². The quantitative estimate of drug-likeness (QED) is 0.729. The fraction of sp³-hybridized carbons (Fsp3) is 0.500. The summed E-state index contributed by atoms with van der Waals surface area (Å²) < 4.78 is 5.89. The Kier molecular flexibility index (Phi) is 6.61. The Morgan fingerprint density at radius 1 is 1.13 bits per heavy atom. The second-order valence-electron chi connectivity index (χ2n) is 8.96. The van der Waals surface area contributed by atoms with Crippen LogP contribution in [-0.4, -0.2) is 25.6 Å². The molecule has 1 aliphatic heterocycles. The number of aryl methyl sites for hydroxylation is 1. The first-order valence-electron chi connectivity index (χ1n) is 11.5. The van der Waals surface area contributed by atoms with Gasteiger partial charge in [-0.15, -0.1) is 0 Å². The van der Waals surface area contributed by atoms with E-state index in [1.165, 1.54) is 42.5 Å². The van der Waals surface area contributed by atoms with E-state index in [4.69, 9.17) is 4.74 Å². The molecule has 0 unspecified atom stereocenters. The van der Waals surface area contributed by atoms with E-state index in [1.54, 1.807) is 0 Å². The Bertz CT molecular complexity index is 862. The van der Waals surface area contributed by atoms with Gasteiger partial charge < -0.3 is 15.0 Å². The number of rotatable bonds is 6. The summed E-state index contributed by atoms with van der Waals surface area (Å²) in [6, 6.07) is 14.8. The summed E-state index contributed by atoms with van der Waals surface area (Å²) in [7, 11) is 0. The third-order valence-corrected chi connectivity index (χ3v) is 6.50. The maximum Gasteiger partial charge on any atom is 0.258 e. The van der Waals surface area contributed by atoms with Crippen LogP contribution in [0.3, 0.4) is 0 Å². The average Bonchev–Trinajstić information content (AvgIpc) is 2.77. The molecule has 1 amide bonds. The summed E-state index contributed by atoms with van der Waals surface area (Å²) in [5.74, 6) is 1.55. The second-order valence-corrected chi connectivity index (χ2v) is 8.96. The minimum Gasteiger partial charge on any atom is -0.483 e. The lowest BCUT2D eigenvalue weighted by atomic mass is 9.91. The summed E-state index contributed by atoms with van der Waals surface area (Å²) in [4.78, 5) is 14.9. The SMILES string of the molecule is C[C@H]1CCCN(c2ccc([C@@H](C)NC(=O)COc3cccc4c3CCCC4)cc2)C1. The number of ether oxygens (including phenoxy) is 1. The molecule has 1 saturated heterocycles. The molecule has 0 bridgehead atoms. The van der Waals surface area contributed by atoms with E-state index in [0.717, 1.165) is 43.2 Å². The standard InChI is InChI=1S/C26H34N2O2/c1-19-7-6-16-28(17-19)23-14-12-21(13-15-23)20(2)27-26(29)18-30-25-11-5-9-22-8-3-4-10-24(22)25/h5,9,11-15,19-20H,3-4,6-8,10,16-18H2,1-2H3,(H,27,29)/t19-,20+/m0/s1.